The standard InChI is InChI=1S/C12H14F2N2O3/c1-4-8-9(11(17)18-3)10(16-7-15-8)19-6-12(13,14)5-2/h4,7H,1,5-6H2,2-3H3. The first-order valence-corrected chi connectivity index (χ1v) is 5.51. The fourth-order valence-electron chi connectivity index (χ4n) is 1.22. The summed E-state index contributed by atoms with van der Waals surface area (Å²) in [5, 5.41) is 0. The van der Waals surface area contributed by atoms with E-state index in [-0.39, 0.29) is 23.6 Å². The molecule has 0 saturated carbocycles. The maximum atomic E-state index is 13.1. The molecule has 0 saturated heterocycles. The molecule has 0 amide bonds. The Kier molecular flexibility index (Phi) is 4.91. The molecule has 0 aliphatic carbocycles. The maximum absolute atomic E-state index is 13.1. The van der Waals surface area contributed by atoms with Gasteiger partial charge in [0.2, 0.25) is 5.88 Å². The third kappa shape index (κ3) is 3.70. The second-order valence-electron chi connectivity index (χ2n) is 3.63. The first-order valence-electron chi connectivity index (χ1n) is 5.51. The van der Waals surface area contributed by atoms with E-state index in [1.54, 1.807) is 0 Å². The summed E-state index contributed by atoms with van der Waals surface area (Å²) >= 11 is 0. The van der Waals surface area contributed by atoms with E-state index in [4.69, 9.17) is 4.74 Å². The van der Waals surface area contributed by atoms with Gasteiger partial charge in [0.05, 0.1) is 12.8 Å². The van der Waals surface area contributed by atoms with Crippen molar-refractivity contribution < 1.29 is 23.0 Å². The van der Waals surface area contributed by atoms with Crippen molar-refractivity contribution in [3.63, 3.8) is 0 Å². The van der Waals surface area contributed by atoms with Gasteiger partial charge in [0.15, 0.2) is 6.61 Å². The van der Waals surface area contributed by atoms with Crippen LogP contribution in [0.1, 0.15) is 29.4 Å². The molecule has 7 heteroatoms. The average Bonchev–Trinajstić information content (AvgIpc) is 2.43. The predicted molar refractivity (Wildman–Crippen MR) is 64.2 cm³/mol. The number of aromatic nitrogens is 2. The first kappa shape index (κ1) is 15.0. The largest absolute Gasteiger partial charge is 0.471 e. The monoisotopic (exact) mass is 272 g/mol. The van der Waals surface area contributed by atoms with Gasteiger partial charge >= 0.3 is 5.97 Å². The third-order valence-electron chi connectivity index (χ3n) is 2.36. The Morgan fingerprint density at radius 1 is 1.53 bits per heavy atom. The van der Waals surface area contributed by atoms with Gasteiger partial charge in [0.1, 0.15) is 11.9 Å². The zero-order valence-corrected chi connectivity index (χ0v) is 10.7. The summed E-state index contributed by atoms with van der Waals surface area (Å²) in [5.74, 6) is -4.01. The van der Waals surface area contributed by atoms with E-state index >= 15 is 0 Å². The third-order valence-corrected chi connectivity index (χ3v) is 2.36. The predicted octanol–water partition coefficient (Wildman–Crippen LogP) is 2.33. The van der Waals surface area contributed by atoms with Gasteiger partial charge in [0.25, 0.3) is 5.92 Å². The van der Waals surface area contributed by atoms with Crippen molar-refractivity contribution in [2.75, 3.05) is 13.7 Å². The molecule has 0 N–H and O–H groups in total. The highest BCUT2D eigenvalue weighted by Crippen LogP contribution is 2.23. The molecular weight excluding hydrogens is 258 g/mol. The van der Waals surface area contributed by atoms with Crippen LogP contribution in [0, 0.1) is 0 Å². The summed E-state index contributed by atoms with van der Waals surface area (Å²) in [5.41, 5.74) is 0.0450. The molecule has 0 bridgehead atoms. The number of nitrogens with zero attached hydrogens (tertiary/aromatic N) is 2. The van der Waals surface area contributed by atoms with Crippen LogP contribution in [0.3, 0.4) is 0 Å². The first-order chi connectivity index (χ1) is 8.95. The zero-order chi connectivity index (χ0) is 14.5. The van der Waals surface area contributed by atoms with Crippen LogP contribution < -0.4 is 4.74 Å². The minimum atomic E-state index is -2.99. The number of carbonyl (C=O) groups is 1. The minimum absolute atomic E-state index is 0.119. The van der Waals surface area contributed by atoms with Crippen LogP contribution in [0.25, 0.3) is 6.08 Å². The van der Waals surface area contributed by atoms with Crippen molar-refractivity contribution >= 4 is 12.0 Å². The smallest absolute Gasteiger partial charge is 0.345 e. The molecule has 0 aliphatic rings. The molecular formula is C12H14F2N2O3. The Bertz CT molecular complexity index is 478. The fourth-order valence-corrected chi connectivity index (χ4v) is 1.22. The number of ether oxygens (including phenoxy) is 2. The number of hydrogen-bond donors (Lipinski definition) is 0. The van der Waals surface area contributed by atoms with Crippen molar-refractivity contribution in [3.8, 4) is 5.88 Å². The lowest BCUT2D eigenvalue weighted by Crippen LogP contribution is -2.25. The maximum Gasteiger partial charge on any atom is 0.345 e. The van der Waals surface area contributed by atoms with Gasteiger partial charge in [0, 0.05) is 6.42 Å². The molecule has 0 aromatic carbocycles. The summed E-state index contributed by atoms with van der Waals surface area (Å²) in [6.07, 6.45) is 2.02. The van der Waals surface area contributed by atoms with Gasteiger partial charge in [-0.15, -0.1) is 0 Å². The molecule has 5 nitrogen and oxygen atoms in total. The van der Waals surface area contributed by atoms with Crippen LogP contribution >= 0.6 is 0 Å². The average molecular weight is 272 g/mol. The van der Waals surface area contributed by atoms with E-state index in [0.717, 1.165) is 13.4 Å². The molecule has 0 fully saturated rings. The molecule has 104 valence electrons. The number of halogens is 2. The topological polar surface area (TPSA) is 61.3 Å². The van der Waals surface area contributed by atoms with Crippen LogP contribution in [0.5, 0.6) is 5.88 Å². The van der Waals surface area contributed by atoms with E-state index in [0.29, 0.717) is 0 Å². The Labute approximate surface area is 109 Å². The van der Waals surface area contributed by atoms with Gasteiger partial charge in [-0.1, -0.05) is 13.5 Å². The molecule has 19 heavy (non-hydrogen) atoms. The van der Waals surface area contributed by atoms with Crippen molar-refractivity contribution in [2.45, 2.75) is 19.3 Å². The van der Waals surface area contributed by atoms with Crippen molar-refractivity contribution in [1.82, 2.24) is 9.97 Å². The summed E-state index contributed by atoms with van der Waals surface area (Å²) < 4.78 is 35.7. The molecule has 0 unspecified atom stereocenters. The highest BCUT2D eigenvalue weighted by molar-refractivity contribution is 5.95. The Balaban J connectivity index is 3.06. The highest BCUT2D eigenvalue weighted by Gasteiger charge is 2.29. The van der Waals surface area contributed by atoms with Crippen molar-refractivity contribution in [1.29, 1.82) is 0 Å². The van der Waals surface area contributed by atoms with Gasteiger partial charge in [-0.3, -0.25) is 0 Å². The molecule has 0 radical (unpaired) electrons. The number of alkyl halides is 2. The Hall–Kier alpha value is -2.05. The number of rotatable bonds is 6. The summed E-state index contributed by atoms with van der Waals surface area (Å²) in [6, 6.07) is 0. The molecule has 0 spiro atoms. The summed E-state index contributed by atoms with van der Waals surface area (Å²) in [6.45, 7) is 3.93. The summed E-state index contributed by atoms with van der Waals surface area (Å²) in [7, 11) is 1.16. The van der Waals surface area contributed by atoms with Crippen molar-refractivity contribution in [2.24, 2.45) is 0 Å². The summed E-state index contributed by atoms with van der Waals surface area (Å²) in [4.78, 5) is 19.1. The fraction of sp³-hybridized carbons (Fsp3) is 0.417. The second kappa shape index (κ2) is 6.21. The van der Waals surface area contributed by atoms with Gasteiger partial charge in [-0.25, -0.2) is 23.5 Å². The van der Waals surface area contributed by atoms with Crippen molar-refractivity contribution in [3.05, 3.63) is 24.2 Å². The lowest BCUT2D eigenvalue weighted by molar-refractivity contribution is -0.0451. The lowest BCUT2D eigenvalue weighted by atomic mass is 10.2. The number of hydrogen-bond acceptors (Lipinski definition) is 5. The van der Waals surface area contributed by atoms with Crippen LogP contribution in [0.4, 0.5) is 8.78 Å². The van der Waals surface area contributed by atoms with Gasteiger partial charge < -0.3 is 9.47 Å². The SMILES string of the molecule is C=Cc1ncnc(OCC(F)(F)CC)c1C(=O)OC. The Morgan fingerprint density at radius 3 is 2.74 bits per heavy atom. The van der Waals surface area contributed by atoms with Gasteiger partial charge in [-0.2, -0.15) is 0 Å². The minimum Gasteiger partial charge on any atom is -0.471 e. The van der Waals surface area contributed by atoms with Crippen LogP contribution in [0.2, 0.25) is 0 Å². The molecule has 1 rings (SSSR count). The van der Waals surface area contributed by atoms with E-state index < -0.39 is 18.5 Å². The molecule has 1 heterocycles. The zero-order valence-electron chi connectivity index (χ0n) is 10.7. The van der Waals surface area contributed by atoms with E-state index in [1.165, 1.54) is 13.0 Å². The van der Waals surface area contributed by atoms with Crippen LogP contribution in [0.15, 0.2) is 12.9 Å². The van der Waals surface area contributed by atoms with Crippen LogP contribution in [-0.2, 0) is 4.74 Å². The Morgan fingerprint density at radius 2 is 2.21 bits per heavy atom. The number of carbonyl (C=O) groups excluding carboxylic acids is 1. The number of esters is 1. The van der Waals surface area contributed by atoms with E-state index in [1.807, 2.05) is 0 Å². The van der Waals surface area contributed by atoms with Gasteiger partial charge in [-0.05, 0) is 6.08 Å². The van der Waals surface area contributed by atoms with Crippen LogP contribution in [-0.4, -0.2) is 35.6 Å². The van der Waals surface area contributed by atoms with E-state index in [2.05, 4.69) is 21.3 Å². The molecule has 0 atom stereocenters. The highest BCUT2D eigenvalue weighted by atomic mass is 19.3. The van der Waals surface area contributed by atoms with E-state index in [9.17, 15) is 13.6 Å². The lowest BCUT2D eigenvalue weighted by Gasteiger charge is -2.16. The molecule has 1 aromatic heterocycles. The second-order valence-corrected chi connectivity index (χ2v) is 3.63. The molecule has 0 aliphatic heterocycles. The number of methoxy groups -OCH3 is 1. The molecule has 1 aromatic rings. The normalized spacial score (nSPS) is 10.9. The quantitative estimate of drug-likeness (QED) is 0.744.